The van der Waals surface area contributed by atoms with Gasteiger partial charge in [0, 0.05) is 25.1 Å². The van der Waals surface area contributed by atoms with Gasteiger partial charge in [-0.3, -0.25) is 4.79 Å². The monoisotopic (exact) mass is 335 g/mol. The van der Waals surface area contributed by atoms with E-state index in [4.69, 9.17) is 14.2 Å². The van der Waals surface area contributed by atoms with Crippen LogP contribution < -0.4 is 9.47 Å². The van der Waals surface area contributed by atoms with Crippen LogP contribution in [0.5, 0.6) is 11.5 Å². The number of ether oxygens (including phenoxy) is 3. The Balaban J connectivity index is 2.08. The fourth-order valence-electron chi connectivity index (χ4n) is 2.69. The lowest BCUT2D eigenvalue weighted by Crippen LogP contribution is -2.35. The van der Waals surface area contributed by atoms with E-state index in [0.717, 1.165) is 0 Å². The molecule has 0 spiro atoms. The second kappa shape index (κ2) is 7.11. The highest BCUT2D eigenvalue weighted by molar-refractivity contribution is 6.01. The highest BCUT2D eigenvalue weighted by Crippen LogP contribution is 2.30. The minimum absolute atomic E-state index is 0.0273. The van der Waals surface area contributed by atoms with Crippen molar-refractivity contribution in [2.45, 2.75) is 32.8 Å². The molecule has 132 valence electrons. The van der Waals surface area contributed by atoms with Crippen molar-refractivity contribution in [2.75, 3.05) is 27.3 Å². The van der Waals surface area contributed by atoms with Crippen molar-refractivity contribution in [3.8, 4) is 11.5 Å². The zero-order valence-corrected chi connectivity index (χ0v) is 14.9. The van der Waals surface area contributed by atoms with Gasteiger partial charge in [0.2, 0.25) is 0 Å². The molecule has 0 aliphatic carbocycles. The number of rotatable bonds is 4. The van der Waals surface area contributed by atoms with Gasteiger partial charge < -0.3 is 19.1 Å². The molecule has 0 saturated carbocycles. The second-order valence-electron chi connectivity index (χ2n) is 6.84. The van der Waals surface area contributed by atoms with E-state index in [9.17, 15) is 9.59 Å². The molecule has 1 heterocycles. The fraction of sp³-hybridized carbons (Fsp3) is 0.556. The van der Waals surface area contributed by atoms with E-state index in [-0.39, 0.29) is 17.8 Å². The number of amides is 1. The molecule has 1 aromatic carbocycles. The van der Waals surface area contributed by atoms with Crippen molar-refractivity contribution in [3.63, 3.8) is 0 Å². The van der Waals surface area contributed by atoms with E-state index in [2.05, 4.69) is 0 Å². The molecule has 1 saturated heterocycles. The maximum absolute atomic E-state index is 12.8. The number of carbonyl (C=O) groups excluding carboxylic acids is 2. The van der Waals surface area contributed by atoms with Gasteiger partial charge in [-0.05, 0) is 39.3 Å². The van der Waals surface area contributed by atoms with Crippen LogP contribution in [0.2, 0.25) is 0 Å². The van der Waals surface area contributed by atoms with E-state index in [1.165, 1.54) is 7.11 Å². The number of hydrogen-bond acceptors (Lipinski definition) is 5. The highest BCUT2D eigenvalue weighted by Gasteiger charge is 2.34. The normalized spacial score (nSPS) is 17.5. The molecule has 0 radical (unpaired) electrons. The summed E-state index contributed by atoms with van der Waals surface area (Å²) in [5.41, 5.74) is -0.0346. The summed E-state index contributed by atoms with van der Waals surface area (Å²) in [4.78, 5) is 26.5. The molecule has 6 heteroatoms. The number of Topliss-reactive ketones (excluding diaryl/α,β-unsaturated/α-hetero) is 1. The molecule has 0 N–H and O–H groups in total. The molecule has 1 amide bonds. The molecular formula is C18H25NO5. The number of methoxy groups -OCH3 is 2. The summed E-state index contributed by atoms with van der Waals surface area (Å²) in [5.74, 6) is 0.834. The number of benzene rings is 1. The first-order chi connectivity index (χ1) is 11.2. The van der Waals surface area contributed by atoms with Gasteiger partial charge in [-0.2, -0.15) is 0 Å². The minimum atomic E-state index is -0.543. The molecule has 1 fully saturated rings. The van der Waals surface area contributed by atoms with E-state index in [0.29, 0.717) is 36.6 Å². The van der Waals surface area contributed by atoms with E-state index in [1.807, 2.05) is 20.8 Å². The summed E-state index contributed by atoms with van der Waals surface area (Å²) >= 11 is 0. The first-order valence-electron chi connectivity index (χ1n) is 7.99. The van der Waals surface area contributed by atoms with Gasteiger partial charge >= 0.3 is 6.09 Å². The van der Waals surface area contributed by atoms with Gasteiger partial charge in [-0.1, -0.05) is 0 Å². The number of hydrogen-bond donors (Lipinski definition) is 0. The van der Waals surface area contributed by atoms with Crippen LogP contribution in [0.25, 0.3) is 0 Å². The van der Waals surface area contributed by atoms with Crippen molar-refractivity contribution >= 4 is 11.9 Å². The molecule has 0 bridgehead atoms. The fourth-order valence-corrected chi connectivity index (χ4v) is 2.69. The van der Waals surface area contributed by atoms with Crippen LogP contribution in [0.15, 0.2) is 18.2 Å². The molecule has 1 atom stereocenters. The maximum atomic E-state index is 12.8. The third-order valence-electron chi connectivity index (χ3n) is 3.88. The Bertz CT molecular complexity index is 620. The maximum Gasteiger partial charge on any atom is 0.410 e. The second-order valence-corrected chi connectivity index (χ2v) is 6.84. The van der Waals surface area contributed by atoms with Crippen LogP contribution in [-0.2, 0) is 4.74 Å². The van der Waals surface area contributed by atoms with E-state index in [1.54, 1.807) is 30.2 Å². The molecule has 1 aromatic rings. The lowest BCUT2D eigenvalue weighted by Gasteiger charge is -2.24. The quantitative estimate of drug-likeness (QED) is 0.791. The zero-order valence-electron chi connectivity index (χ0n) is 14.9. The number of carbonyl (C=O) groups is 2. The predicted octanol–water partition coefficient (Wildman–Crippen LogP) is 3.14. The standard InChI is InChI=1S/C18H25NO5/c1-18(2,3)24-17(21)19-9-8-12(11-19)16(20)14-7-6-13(22-4)10-15(14)23-5/h6-7,10,12H,8-9,11H2,1-5H3. The Morgan fingerprint density at radius 3 is 2.46 bits per heavy atom. The summed E-state index contributed by atoms with van der Waals surface area (Å²) in [6, 6.07) is 5.13. The van der Waals surface area contributed by atoms with Crippen LogP contribution in [0.3, 0.4) is 0 Å². The summed E-state index contributed by atoms with van der Waals surface area (Å²) in [7, 11) is 3.08. The molecule has 0 aromatic heterocycles. The molecule has 2 rings (SSSR count). The average molecular weight is 335 g/mol. The summed E-state index contributed by atoms with van der Waals surface area (Å²) in [5, 5.41) is 0. The van der Waals surface area contributed by atoms with Crippen molar-refractivity contribution in [1.29, 1.82) is 0 Å². The molecule has 1 aliphatic rings. The molecule has 24 heavy (non-hydrogen) atoms. The Morgan fingerprint density at radius 2 is 1.88 bits per heavy atom. The van der Waals surface area contributed by atoms with Crippen LogP contribution in [0.4, 0.5) is 4.79 Å². The lowest BCUT2D eigenvalue weighted by molar-refractivity contribution is 0.0289. The topological polar surface area (TPSA) is 65.1 Å². The molecular weight excluding hydrogens is 310 g/mol. The first kappa shape index (κ1) is 18.1. The third-order valence-corrected chi connectivity index (χ3v) is 3.88. The lowest BCUT2D eigenvalue weighted by atomic mass is 9.96. The summed E-state index contributed by atoms with van der Waals surface area (Å²) < 4.78 is 15.8. The van der Waals surface area contributed by atoms with Crippen LogP contribution in [-0.4, -0.2) is 49.7 Å². The van der Waals surface area contributed by atoms with Gasteiger partial charge in [0.25, 0.3) is 0 Å². The van der Waals surface area contributed by atoms with Gasteiger partial charge in [-0.15, -0.1) is 0 Å². The minimum Gasteiger partial charge on any atom is -0.497 e. The van der Waals surface area contributed by atoms with Crippen LogP contribution in [0.1, 0.15) is 37.6 Å². The largest absolute Gasteiger partial charge is 0.497 e. The Kier molecular flexibility index (Phi) is 5.36. The summed E-state index contributed by atoms with van der Waals surface area (Å²) in [6.45, 7) is 6.36. The van der Waals surface area contributed by atoms with Crippen molar-refractivity contribution in [3.05, 3.63) is 23.8 Å². The predicted molar refractivity (Wildman–Crippen MR) is 89.8 cm³/mol. The van der Waals surface area contributed by atoms with E-state index < -0.39 is 5.60 Å². The Morgan fingerprint density at radius 1 is 1.17 bits per heavy atom. The van der Waals surface area contributed by atoms with Crippen molar-refractivity contribution < 1.29 is 23.8 Å². The third kappa shape index (κ3) is 4.19. The molecule has 6 nitrogen and oxygen atoms in total. The van der Waals surface area contributed by atoms with Gasteiger partial charge in [0.05, 0.1) is 19.8 Å². The number of likely N-dealkylation sites (tertiary alicyclic amines) is 1. The molecule has 1 aliphatic heterocycles. The van der Waals surface area contributed by atoms with Crippen molar-refractivity contribution in [1.82, 2.24) is 4.90 Å². The van der Waals surface area contributed by atoms with Crippen molar-refractivity contribution in [2.24, 2.45) is 5.92 Å². The van der Waals surface area contributed by atoms with Gasteiger partial charge in [0.15, 0.2) is 5.78 Å². The summed E-state index contributed by atoms with van der Waals surface area (Å²) in [6.07, 6.45) is 0.243. The molecule has 1 unspecified atom stereocenters. The van der Waals surface area contributed by atoms with Crippen LogP contribution >= 0.6 is 0 Å². The average Bonchev–Trinajstić information content (AvgIpc) is 3.02. The Hall–Kier alpha value is -2.24. The smallest absolute Gasteiger partial charge is 0.410 e. The highest BCUT2D eigenvalue weighted by atomic mass is 16.6. The van der Waals surface area contributed by atoms with Crippen LogP contribution in [0, 0.1) is 5.92 Å². The first-order valence-corrected chi connectivity index (χ1v) is 7.99. The van der Waals surface area contributed by atoms with Gasteiger partial charge in [0.1, 0.15) is 17.1 Å². The van der Waals surface area contributed by atoms with Gasteiger partial charge in [-0.25, -0.2) is 4.79 Å². The Labute approximate surface area is 142 Å². The zero-order chi connectivity index (χ0) is 17.9. The number of nitrogens with zero attached hydrogens (tertiary/aromatic N) is 1. The van der Waals surface area contributed by atoms with E-state index >= 15 is 0 Å². The number of ketones is 1. The SMILES string of the molecule is COc1ccc(C(=O)C2CCN(C(=O)OC(C)(C)C)C2)c(OC)c1.